The molecular formula is C41H60N4O6. The molecule has 4 unspecified atom stereocenters. The maximum Gasteiger partial charge on any atom is 0.408 e. The summed E-state index contributed by atoms with van der Waals surface area (Å²) in [6.07, 6.45) is 8.93. The molecule has 4 aliphatic rings. The normalized spacial score (nSPS) is 28.0. The van der Waals surface area contributed by atoms with Gasteiger partial charge in [0, 0.05) is 13.1 Å². The molecule has 5 rings (SSSR count). The summed E-state index contributed by atoms with van der Waals surface area (Å²) in [7, 11) is 0. The van der Waals surface area contributed by atoms with Crippen LogP contribution in [0, 0.1) is 35.0 Å². The maximum absolute atomic E-state index is 14.8. The predicted molar refractivity (Wildman–Crippen MR) is 196 cm³/mol. The average Bonchev–Trinajstić information content (AvgIpc) is 3.44. The minimum Gasteiger partial charge on any atom is -0.443 e. The molecule has 1 heterocycles. The van der Waals surface area contributed by atoms with E-state index in [0.29, 0.717) is 37.6 Å². The first kappa shape index (κ1) is 38.5. The van der Waals surface area contributed by atoms with E-state index < -0.39 is 47.4 Å². The number of carbonyl (C=O) groups is 5. The minimum atomic E-state index is -1.02. The molecule has 8 atom stereocenters. The van der Waals surface area contributed by atoms with Crippen molar-refractivity contribution in [3.63, 3.8) is 0 Å². The monoisotopic (exact) mass is 704 g/mol. The van der Waals surface area contributed by atoms with Crippen LogP contribution in [0.15, 0.2) is 36.9 Å². The van der Waals surface area contributed by atoms with Crippen LogP contribution < -0.4 is 16.0 Å². The molecule has 1 aromatic rings. The van der Waals surface area contributed by atoms with Gasteiger partial charge in [-0.25, -0.2) is 4.79 Å². The Bertz CT molecular complexity index is 1470. The fourth-order valence-electron chi connectivity index (χ4n) is 9.42. The van der Waals surface area contributed by atoms with Gasteiger partial charge in [0.05, 0.1) is 6.04 Å². The van der Waals surface area contributed by atoms with Crippen molar-refractivity contribution in [2.24, 2.45) is 35.0 Å². The van der Waals surface area contributed by atoms with Crippen LogP contribution in [0.4, 0.5) is 4.79 Å². The largest absolute Gasteiger partial charge is 0.443 e. The zero-order valence-corrected chi connectivity index (χ0v) is 31.6. The lowest BCUT2D eigenvalue weighted by atomic mass is 9.75. The van der Waals surface area contributed by atoms with E-state index in [1.54, 1.807) is 4.90 Å². The van der Waals surface area contributed by atoms with E-state index in [-0.39, 0.29) is 42.0 Å². The maximum atomic E-state index is 14.8. The number of nitrogens with zero attached hydrogens (tertiary/aromatic N) is 1. The first-order valence-corrected chi connectivity index (χ1v) is 19.3. The first-order valence-electron chi connectivity index (χ1n) is 19.3. The number of rotatable bonds is 15. The molecule has 10 nitrogen and oxygen atoms in total. The third kappa shape index (κ3) is 8.52. The van der Waals surface area contributed by atoms with Crippen molar-refractivity contribution < 1.29 is 28.7 Å². The Morgan fingerprint density at radius 2 is 1.75 bits per heavy atom. The number of ether oxygens (including phenoxy) is 1. The molecule has 51 heavy (non-hydrogen) atoms. The van der Waals surface area contributed by atoms with Crippen molar-refractivity contribution in [3.8, 4) is 0 Å². The quantitative estimate of drug-likeness (QED) is 0.163. The van der Waals surface area contributed by atoms with Crippen LogP contribution in [0.25, 0.3) is 0 Å². The molecule has 0 aromatic heterocycles. The lowest BCUT2D eigenvalue weighted by Crippen LogP contribution is -2.60. The molecule has 0 bridgehead atoms. The third-order valence-electron chi connectivity index (χ3n) is 12.5. The number of piperidine rings is 1. The summed E-state index contributed by atoms with van der Waals surface area (Å²) in [5.74, 6) is -1.36. The summed E-state index contributed by atoms with van der Waals surface area (Å²) in [6, 6.07) is 5.36. The first-order chi connectivity index (χ1) is 24.2. The summed E-state index contributed by atoms with van der Waals surface area (Å²) >= 11 is 0. The average molecular weight is 705 g/mol. The summed E-state index contributed by atoms with van der Waals surface area (Å²) < 4.78 is 6.22. The second-order valence-electron chi connectivity index (χ2n) is 16.7. The van der Waals surface area contributed by atoms with Crippen LogP contribution in [0.2, 0.25) is 0 Å². The third-order valence-corrected chi connectivity index (χ3v) is 12.5. The number of hydrogen-bond acceptors (Lipinski definition) is 6. The van der Waals surface area contributed by atoms with Crippen LogP contribution in [-0.4, -0.2) is 71.3 Å². The fraction of sp³-hybridized carbons (Fsp3) is 0.683. The van der Waals surface area contributed by atoms with Crippen LogP contribution in [0.1, 0.15) is 104 Å². The Kier molecular flexibility index (Phi) is 12.0. The number of Topliss-reactive ketones (excluding diaryl/α,β-unsaturated/α-hetero) is 1. The minimum absolute atomic E-state index is 0.102. The van der Waals surface area contributed by atoms with E-state index in [1.807, 2.05) is 26.0 Å². The number of fused-ring (bicyclic) bond motifs is 2. The number of likely N-dealkylation sites (tertiary alicyclic amines) is 1. The fourth-order valence-corrected chi connectivity index (χ4v) is 9.42. The molecule has 1 aliphatic heterocycles. The van der Waals surface area contributed by atoms with Gasteiger partial charge in [-0.15, -0.1) is 6.58 Å². The highest BCUT2D eigenvalue weighted by Crippen LogP contribution is 2.65. The molecule has 4 amide bonds. The summed E-state index contributed by atoms with van der Waals surface area (Å²) in [4.78, 5) is 70.1. The lowest BCUT2D eigenvalue weighted by Gasteiger charge is -2.39. The van der Waals surface area contributed by atoms with Gasteiger partial charge in [-0.3, -0.25) is 19.2 Å². The molecule has 10 heteroatoms. The van der Waals surface area contributed by atoms with Crippen molar-refractivity contribution in [2.75, 3.05) is 13.1 Å². The second kappa shape index (κ2) is 15.9. The van der Waals surface area contributed by atoms with Crippen LogP contribution in [0.3, 0.4) is 0 Å². The number of carbonyl (C=O) groups excluding carboxylic acids is 5. The van der Waals surface area contributed by atoms with Gasteiger partial charge in [-0.2, -0.15) is 0 Å². The lowest BCUT2D eigenvalue weighted by molar-refractivity contribution is -0.144. The zero-order valence-electron chi connectivity index (χ0n) is 31.6. The standard InChI is InChI=1S/C41H60N4O6/c1-8-14-31(35(46)37(48)42-19-9-2)43-36(47)34-32-30(40(32,5)6)24-45(34)38(49)33(29-21-27-16-11-12-17-28(27)22-29)44-39(50)51-41(7)18-13-15-26(23-41)20-25(4)10-3/h9,11-12,16-17,25-26,29-34H,2,8,10,13-15,18-24H2,1,3-7H3,(H,42,48)(H,43,47)(H,44,50)/t25?,26?,30-,31?,32-,33+,34+,41?/m1/s1. The summed E-state index contributed by atoms with van der Waals surface area (Å²) in [5, 5.41) is 8.41. The molecule has 1 aromatic carbocycles. The van der Waals surface area contributed by atoms with Gasteiger partial charge >= 0.3 is 6.09 Å². The highest BCUT2D eigenvalue weighted by molar-refractivity contribution is 6.38. The molecule has 2 saturated carbocycles. The second-order valence-corrected chi connectivity index (χ2v) is 16.7. The van der Waals surface area contributed by atoms with E-state index in [1.165, 1.54) is 6.08 Å². The van der Waals surface area contributed by atoms with Crippen LogP contribution >= 0.6 is 0 Å². The van der Waals surface area contributed by atoms with Crippen molar-refractivity contribution >= 4 is 29.6 Å². The van der Waals surface area contributed by atoms with Gasteiger partial charge in [0.15, 0.2) is 0 Å². The molecule has 3 aliphatic carbocycles. The van der Waals surface area contributed by atoms with Gasteiger partial charge in [0.25, 0.3) is 5.91 Å². The Hall–Kier alpha value is -3.69. The molecule has 0 radical (unpaired) electrons. The van der Waals surface area contributed by atoms with Gasteiger partial charge in [-0.1, -0.05) is 84.2 Å². The van der Waals surface area contributed by atoms with Crippen LogP contribution in [0.5, 0.6) is 0 Å². The number of nitrogens with one attached hydrogen (secondary N) is 3. The van der Waals surface area contributed by atoms with Crippen molar-refractivity contribution in [2.45, 2.75) is 129 Å². The predicted octanol–water partition coefficient (Wildman–Crippen LogP) is 5.52. The Labute approximate surface area is 304 Å². The van der Waals surface area contributed by atoms with Crippen molar-refractivity contribution in [1.29, 1.82) is 0 Å². The smallest absolute Gasteiger partial charge is 0.408 e. The van der Waals surface area contributed by atoms with Crippen molar-refractivity contribution in [3.05, 3.63) is 48.0 Å². The number of ketones is 1. The molecule has 280 valence electrons. The highest BCUT2D eigenvalue weighted by Gasteiger charge is 2.70. The van der Waals surface area contributed by atoms with Gasteiger partial charge < -0.3 is 25.6 Å². The van der Waals surface area contributed by atoms with E-state index in [0.717, 1.165) is 49.7 Å². The Morgan fingerprint density at radius 1 is 1.06 bits per heavy atom. The zero-order chi connectivity index (χ0) is 37.1. The molecule has 3 fully saturated rings. The summed E-state index contributed by atoms with van der Waals surface area (Å²) in [6.45, 7) is 16.7. The molecule has 1 saturated heterocycles. The van der Waals surface area contributed by atoms with E-state index >= 15 is 0 Å². The number of alkyl carbamates (subject to hydrolysis) is 1. The van der Waals surface area contributed by atoms with Crippen LogP contribution in [-0.2, 0) is 36.8 Å². The van der Waals surface area contributed by atoms with E-state index in [9.17, 15) is 24.0 Å². The van der Waals surface area contributed by atoms with Gasteiger partial charge in [0.1, 0.15) is 17.7 Å². The highest BCUT2D eigenvalue weighted by atomic mass is 16.6. The summed E-state index contributed by atoms with van der Waals surface area (Å²) in [5.41, 5.74) is 1.51. The number of hydrogen-bond donors (Lipinski definition) is 3. The van der Waals surface area contributed by atoms with E-state index in [4.69, 9.17) is 4.74 Å². The number of benzene rings is 1. The van der Waals surface area contributed by atoms with Crippen molar-refractivity contribution in [1.82, 2.24) is 20.9 Å². The van der Waals surface area contributed by atoms with E-state index in [2.05, 4.69) is 62.4 Å². The SMILES string of the molecule is C=CCNC(=O)C(=O)C(CCC)NC(=O)[C@@H]1[C@H]2[C@@H](CN1C(=O)[C@@H](NC(=O)OC1(C)CCCC(CC(C)CC)C1)C1Cc3ccccc3C1)C2(C)C. The Morgan fingerprint density at radius 3 is 2.37 bits per heavy atom. The Balaban J connectivity index is 1.36. The topological polar surface area (TPSA) is 134 Å². The number of amides is 4. The molecular weight excluding hydrogens is 644 g/mol. The molecule has 0 spiro atoms. The van der Waals surface area contributed by atoms with Gasteiger partial charge in [0.2, 0.25) is 17.6 Å². The van der Waals surface area contributed by atoms with Gasteiger partial charge in [-0.05, 0) is 98.0 Å². The molecule has 3 N–H and O–H groups in total.